The summed E-state index contributed by atoms with van der Waals surface area (Å²) in [7, 11) is 0. The lowest BCUT2D eigenvalue weighted by molar-refractivity contribution is 0.112. The van der Waals surface area contributed by atoms with Crippen molar-refractivity contribution in [1.82, 2.24) is 5.32 Å². The van der Waals surface area contributed by atoms with Crippen LogP contribution in [-0.2, 0) is 0 Å². The van der Waals surface area contributed by atoms with Crippen LogP contribution in [0.25, 0.3) is 0 Å². The molecule has 1 heterocycles. The zero-order chi connectivity index (χ0) is 9.97. The molecule has 0 bridgehead atoms. The fraction of sp³-hybridized carbons (Fsp3) is 0.200. The number of nitrogens with zero attached hydrogens (tertiary/aromatic N) is 1. The van der Waals surface area contributed by atoms with Crippen molar-refractivity contribution < 1.29 is 9.59 Å². The monoisotopic (exact) mass is 190 g/mol. The summed E-state index contributed by atoms with van der Waals surface area (Å²) >= 11 is 0. The zero-order valence-electron chi connectivity index (χ0n) is 7.56. The van der Waals surface area contributed by atoms with Crippen molar-refractivity contribution in [2.24, 2.45) is 0 Å². The van der Waals surface area contributed by atoms with Crippen LogP contribution in [0, 0.1) is 0 Å². The van der Waals surface area contributed by atoms with E-state index in [4.69, 9.17) is 0 Å². The summed E-state index contributed by atoms with van der Waals surface area (Å²) in [5, 5.41) is 2.69. The molecule has 0 aliphatic carbocycles. The molecule has 1 fully saturated rings. The molecule has 1 aliphatic heterocycles. The van der Waals surface area contributed by atoms with E-state index in [9.17, 15) is 9.59 Å². The second-order valence-electron chi connectivity index (χ2n) is 3.06. The number of carbonyl (C=O) groups excluding carboxylic acids is 2. The van der Waals surface area contributed by atoms with Gasteiger partial charge in [0, 0.05) is 18.7 Å². The van der Waals surface area contributed by atoms with Crippen molar-refractivity contribution in [3.8, 4) is 0 Å². The summed E-state index contributed by atoms with van der Waals surface area (Å²) in [6, 6.07) is 6.93. The van der Waals surface area contributed by atoms with Gasteiger partial charge in [-0.25, -0.2) is 4.79 Å². The highest BCUT2D eigenvalue weighted by molar-refractivity contribution is 5.98. The predicted molar refractivity (Wildman–Crippen MR) is 52.6 cm³/mol. The number of urea groups is 1. The number of amides is 2. The van der Waals surface area contributed by atoms with Gasteiger partial charge in [0.05, 0.1) is 5.69 Å². The van der Waals surface area contributed by atoms with E-state index in [2.05, 4.69) is 5.32 Å². The van der Waals surface area contributed by atoms with Crippen LogP contribution < -0.4 is 10.2 Å². The van der Waals surface area contributed by atoms with Crippen LogP contribution in [0.1, 0.15) is 10.4 Å². The van der Waals surface area contributed by atoms with E-state index in [0.717, 1.165) is 6.29 Å². The van der Waals surface area contributed by atoms with Crippen molar-refractivity contribution in [2.45, 2.75) is 0 Å². The average Bonchev–Trinajstić information content (AvgIpc) is 2.64. The zero-order valence-corrected chi connectivity index (χ0v) is 7.56. The Morgan fingerprint density at radius 1 is 1.36 bits per heavy atom. The Morgan fingerprint density at radius 2 is 2.14 bits per heavy atom. The number of anilines is 1. The van der Waals surface area contributed by atoms with E-state index in [-0.39, 0.29) is 6.03 Å². The fourth-order valence-electron chi connectivity index (χ4n) is 1.53. The lowest BCUT2D eigenvalue weighted by Crippen LogP contribution is -2.28. The molecule has 0 radical (unpaired) electrons. The van der Waals surface area contributed by atoms with Gasteiger partial charge in [-0.3, -0.25) is 9.69 Å². The number of carbonyl (C=O) groups is 2. The molecule has 14 heavy (non-hydrogen) atoms. The maximum absolute atomic E-state index is 11.3. The first-order chi connectivity index (χ1) is 6.83. The first kappa shape index (κ1) is 8.74. The molecule has 0 atom stereocenters. The number of rotatable bonds is 2. The van der Waals surface area contributed by atoms with E-state index in [0.29, 0.717) is 24.3 Å². The lowest BCUT2D eigenvalue weighted by atomic mass is 10.2. The highest BCUT2D eigenvalue weighted by Crippen LogP contribution is 2.19. The molecule has 1 aromatic rings. The van der Waals surface area contributed by atoms with E-state index in [1.807, 2.05) is 6.07 Å². The molecule has 1 aliphatic rings. The molecule has 0 aromatic heterocycles. The molecular formula is C10H10N2O2. The van der Waals surface area contributed by atoms with Gasteiger partial charge in [-0.2, -0.15) is 0 Å². The smallest absolute Gasteiger partial charge is 0.322 e. The summed E-state index contributed by atoms with van der Waals surface area (Å²) < 4.78 is 0. The van der Waals surface area contributed by atoms with E-state index < -0.39 is 0 Å². The predicted octanol–water partition coefficient (Wildman–Crippen LogP) is 1.03. The van der Waals surface area contributed by atoms with E-state index in [1.165, 1.54) is 0 Å². The molecule has 1 N–H and O–H groups in total. The standard InChI is InChI=1S/C10H10N2O2/c13-7-8-3-1-2-4-9(8)12-6-5-11-10(12)14/h1-4,7H,5-6H2,(H,11,14). The largest absolute Gasteiger partial charge is 0.336 e. The first-order valence-electron chi connectivity index (χ1n) is 4.42. The first-order valence-corrected chi connectivity index (χ1v) is 4.42. The lowest BCUT2D eigenvalue weighted by Gasteiger charge is -2.15. The minimum absolute atomic E-state index is 0.140. The Kier molecular flexibility index (Phi) is 2.18. The summed E-state index contributed by atoms with van der Waals surface area (Å²) in [4.78, 5) is 23.6. The summed E-state index contributed by atoms with van der Waals surface area (Å²) in [5.41, 5.74) is 1.22. The molecule has 2 rings (SSSR count). The number of hydrogen-bond acceptors (Lipinski definition) is 2. The van der Waals surface area contributed by atoms with Crippen LogP contribution in [0.5, 0.6) is 0 Å². The Labute approximate surface area is 81.5 Å². The van der Waals surface area contributed by atoms with Crippen LogP contribution in [0.15, 0.2) is 24.3 Å². The molecule has 4 nitrogen and oxygen atoms in total. The number of nitrogens with one attached hydrogen (secondary N) is 1. The van der Waals surface area contributed by atoms with E-state index >= 15 is 0 Å². The van der Waals surface area contributed by atoms with Crippen molar-refractivity contribution in [2.75, 3.05) is 18.0 Å². The Morgan fingerprint density at radius 3 is 2.79 bits per heavy atom. The quantitative estimate of drug-likeness (QED) is 0.708. The Bertz CT molecular complexity index is 376. The van der Waals surface area contributed by atoms with Gasteiger partial charge in [0.2, 0.25) is 0 Å². The molecule has 2 amide bonds. The second kappa shape index (κ2) is 3.49. The number of para-hydroxylation sites is 1. The molecule has 72 valence electrons. The third-order valence-electron chi connectivity index (χ3n) is 2.21. The van der Waals surface area contributed by atoms with Gasteiger partial charge >= 0.3 is 6.03 Å². The van der Waals surface area contributed by atoms with Gasteiger partial charge in [-0.1, -0.05) is 12.1 Å². The molecule has 1 saturated heterocycles. The van der Waals surface area contributed by atoms with Gasteiger partial charge in [0.25, 0.3) is 0 Å². The SMILES string of the molecule is O=Cc1ccccc1N1CCNC1=O. The third kappa shape index (κ3) is 1.35. The van der Waals surface area contributed by atoms with Crippen LogP contribution >= 0.6 is 0 Å². The molecule has 0 unspecified atom stereocenters. The molecule has 0 spiro atoms. The van der Waals surface area contributed by atoms with Crippen LogP contribution in [0.3, 0.4) is 0 Å². The summed E-state index contributed by atoms with van der Waals surface area (Å²) in [6.45, 7) is 1.25. The molecule has 1 aromatic carbocycles. The van der Waals surface area contributed by atoms with Crippen LogP contribution in [0.2, 0.25) is 0 Å². The molecular weight excluding hydrogens is 180 g/mol. The Hall–Kier alpha value is -1.84. The van der Waals surface area contributed by atoms with Crippen molar-refractivity contribution in [3.63, 3.8) is 0 Å². The van der Waals surface area contributed by atoms with Crippen molar-refractivity contribution in [3.05, 3.63) is 29.8 Å². The third-order valence-corrected chi connectivity index (χ3v) is 2.21. The van der Waals surface area contributed by atoms with Crippen molar-refractivity contribution in [1.29, 1.82) is 0 Å². The number of hydrogen-bond donors (Lipinski definition) is 1. The van der Waals surface area contributed by atoms with Crippen LogP contribution in [-0.4, -0.2) is 25.4 Å². The van der Waals surface area contributed by atoms with Gasteiger partial charge in [0.15, 0.2) is 6.29 Å². The highest BCUT2D eigenvalue weighted by atomic mass is 16.2. The van der Waals surface area contributed by atoms with Gasteiger partial charge in [-0.05, 0) is 12.1 Å². The van der Waals surface area contributed by atoms with Crippen molar-refractivity contribution >= 4 is 18.0 Å². The summed E-state index contributed by atoms with van der Waals surface area (Å²) in [5.74, 6) is 0. The van der Waals surface area contributed by atoms with Gasteiger partial charge in [0.1, 0.15) is 0 Å². The number of benzene rings is 1. The molecule has 0 saturated carbocycles. The second-order valence-corrected chi connectivity index (χ2v) is 3.06. The minimum Gasteiger partial charge on any atom is -0.336 e. The normalized spacial score (nSPS) is 15.4. The topological polar surface area (TPSA) is 49.4 Å². The fourth-order valence-corrected chi connectivity index (χ4v) is 1.53. The van der Waals surface area contributed by atoms with Gasteiger partial charge < -0.3 is 5.32 Å². The number of aldehydes is 1. The molecule has 4 heteroatoms. The highest BCUT2D eigenvalue weighted by Gasteiger charge is 2.22. The Balaban J connectivity index is 2.39. The minimum atomic E-state index is -0.140. The average molecular weight is 190 g/mol. The van der Waals surface area contributed by atoms with E-state index in [1.54, 1.807) is 23.1 Å². The van der Waals surface area contributed by atoms with Gasteiger partial charge in [-0.15, -0.1) is 0 Å². The maximum Gasteiger partial charge on any atom is 0.322 e. The van der Waals surface area contributed by atoms with Crippen LogP contribution in [0.4, 0.5) is 10.5 Å². The summed E-state index contributed by atoms with van der Waals surface area (Å²) in [6.07, 6.45) is 0.765. The maximum atomic E-state index is 11.3.